The molecule has 7 heteroatoms. The highest BCUT2D eigenvalue weighted by Gasteiger charge is 2.03. The first-order valence-electron chi connectivity index (χ1n) is 6.21. The fourth-order valence-corrected chi connectivity index (χ4v) is 1.48. The Labute approximate surface area is 141 Å². The van der Waals surface area contributed by atoms with Crippen molar-refractivity contribution in [2.75, 3.05) is 19.6 Å². The topological polar surface area (TPSA) is 79.5 Å². The number of rotatable bonds is 6. The summed E-state index contributed by atoms with van der Waals surface area (Å²) in [5.41, 5.74) is 6.20. The number of aliphatic imine (C=N–C) groups is 1. The van der Waals surface area contributed by atoms with Gasteiger partial charge in [-0.2, -0.15) is 0 Å². The number of nitrogens with two attached hydrogens (primary N) is 1. The van der Waals surface area contributed by atoms with E-state index >= 15 is 0 Å². The normalized spacial score (nSPS) is 10.6. The molecular formula is C13H20ClIN4O. The summed E-state index contributed by atoms with van der Waals surface area (Å²) in [7, 11) is 0. The Hall–Kier alpha value is -1.02. The van der Waals surface area contributed by atoms with Crippen molar-refractivity contribution >= 4 is 47.4 Å². The Morgan fingerprint density at radius 2 is 1.85 bits per heavy atom. The molecule has 112 valence electrons. The average Bonchev–Trinajstić information content (AvgIpc) is 2.41. The van der Waals surface area contributed by atoms with Crippen molar-refractivity contribution in [3.8, 4) is 0 Å². The van der Waals surface area contributed by atoms with Crippen LogP contribution in [0.3, 0.4) is 0 Å². The van der Waals surface area contributed by atoms with Gasteiger partial charge in [0.05, 0.1) is 0 Å². The van der Waals surface area contributed by atoms with Gasteiger partial charge in [0, 0.05) is 30.2 Å². The van der Waals surface area contributed by atoms with Crippen LogP contribution in [0.5, 0.6) is 0 Å². The van der Waals surface area contributed by atoms with Gasteiger partial charge in [-0.1, -0.05) is 18.5 Å². The van der Waals surface area contributed by atoms with Gasteiger partial charge < -0.3 is 16.4 Å². The number of hydrogen-bond donors (Lipinski definition) is 3. The molecule has 0 fully saturated rings. The molecule has 0 heterocycles. The molecule has 20 heavy (non-hydrogen) atoms. The quantitative estimate of drug-likeness (QED) is 0.290. The number of benzene rings is 1. The summed E-state index contributed by atoms with van der Waals surface area (Å²) < 4.78 is 0. The van der Waals surface area contributed by atoms with Crippen LogP contribution in [0.25, 0.3) is 0 Å². The van der Waals surface area contributed by atoms with Gasteiger partial charge in [-0.05, 0) is 30.7 Å². The molecule has 0 unspecified atom stereocenters. The summed E-state index contributed by atoms with van der Waals surface area (Å²) in [4.78, 5) is 15.8. The van der Waals surface area contributed by atoms with Crippen molar-refractivity contribution in [3.63, 3.8) is 0 Å². The molecule has 0 bridgehead atoms. The molecule has 0 radical (unpaired) electrons. The molecule has 0 aliphatic rings. The van der Waals surface area contributed by atoms with Gasteiger partial charge >= 0.3 is 0 Å². The largest absolute Gasteiger partial charge is 0.370 e. The Kier molecular flexibility index (Phi) is 10.2. The van der Waals surface area contributed by atoms with Crippen LogP contribution in [-0.2, 0) is 0 Å². The molecule has 0 aromatic heterocycles. The Bertz CT molecular complexity index is 437. The minimum atomic E-state index is -0.137. The number of nitrogens with zero attached hydrogens (tertiary/aromatic N) is 1. The fourth-order valence-electron chi connectivity index (χ4n) is 1.36. The van der Waals surface area contributed by atoms with Crippen molar-refractivity contribution in [2.45, 2.75) is 13.3 Å². The van der Waals surface area contributed by atoms with Crippen molar-refractivity contribution in [3.05, 3.63) is 34.9 Å². The number of nitrogens with one attached hydrogen (secondary N) is 2. The summed E-state index contributed by atoms with van der Waals surface area (Å²) in [5.74, 6) is 0.269. The lowest BCUT2D eigenvalue weighted by molar-refractivity contribution is 0.0954. The second kappa shape index (κ2) is 10.7. The Balaban J connectivity index is 0.00000361. The lowest BCUT2D eigenvalue weighted by Gasteiger charge is -2.07. The van der Waals surface area contributed by atoms with E-state index in [2.05, 4.69) is 15.6 Å². The summed E-state index contributed by atoms with van der Waals surface area (Å²) in [5, 5.41) is 6.31. The molecule has 0 atom stereocenters. The van der Waals surface area contributed by atoms with Gasteiger partial charge in [0.25, 0.3) is 5.91 Å². The summed E-state index contributed by atoms with van der Waals surface area (Å²) in [6, 6.07) is 6.73. The molecule has 5 nitrogen and oxygen atoms in total. The van der Waals surface area contributed by atoms with Gasteiger partial charge in [-0.25, -0.2) is 0 Å². The zero-order valence-corrected chi connectivity index (χ0v) is 14.4. The molecule has 0 spiro atoms. The van der Waals surface area contributed by atoms with Crippen LogP contribution in [0.1, 0.15) is 23.7 Å². The number of halogens is 2. The molecule has 0 saturated carbocycles. The third-order valence-electron chi connectivity index (χ3n) is 2.33. The van der Waals surface area contributed by atoms with Crippen molar-refractivity contribution in [1.82, 2.24) is 10.6 Å². The SMILES string of the molecule is CCCN=C(N)NCCNC(=O)c1ccc(Cl)cc1.I. The lowest BCUT2D eigenvalue weighted by Crippen LogP contribution is -2.38. The van der Waals surface area contributed by atoms with E-state index in [0.717, 1.165) is 6.42 Å². The maximum atomic E-state index is 11.7. The minimum absolute atomic E-state index is 0. The van der Waals surface area contributed by atoms with Gasteiger partial charge in [0.2, 0.25) is 0 Å². The van der Waals surface area contributed by atoms with Crippen molar-refractivity contribution in [1.29, 1.82) is 0 Å². The highest BCUT2D eigenvalue weighted by Crippen LogP contribution is 2.08. The fraction of sp³-hybridized carbons (Fsp3) is 0.385. The first-order chi connectivity index (χ1) is 9.13. The smallest absolute Gasteiger partial charge is 0.251 e. The zero-order chi connectivity index (χ0) is 14.1. The maximum Gasteiger partial charge on any atom is 0.251 e. The van der Waals surface area contributed by atoms with E-state index in [1.807, 2.05) is 6.92 Å². The second-order valence-electron chi connectivity index (χ2n) is 3.96. The number of carbonyl (C=O) groups excluding carboxylic acids is 1. The molecule has 4 N–H and O–H groups in total. The molecule has 1 amide bonds. The molecule has 0 aliphatic heterocycles. The van der Waals surface area contributed by atoms with E-state index < -0.39 is 0 Å². The zero-order valence-electron chi connectivity index (χ0n) is 11.4. The molecule has 0 saturated heterocycles. The number of guanidine groups is 1. The molecule has 1 aromatic rings. The summed E-state index contributed by atoms with van der Waals surface area (Å²) in [6.07, 6.45) is 0.954. The third kappa shape index (κ3) is 7.54. The van der Waals surface area contributed by atoms with E-state index in [4.69, 9.17) is 17.3 Å². The second-order valence-corrected chi connectivity index (χ2v) is 4.39. The highest BCUT2D eigenvalue weighted by molar-refractivity contribution is 14.0. The third-order valence-corrected chi connectivity index (χ3v) is 2.58. The van der Waals surface area contributed by atoms with Crippen LogP contribution in [0.15, 0.2) is 29.3 Å². The summed E-state index contributed by atoms with van der Waals surface area (Å²) >= 11 is 5.75. The Morgan fingerprint density at radius 3 is 2.45 bits per heavy atom. The van der Waals surface area contributed by atoms with E-state index in [1.165, 1.54) is 0 Å². The van der Waals surface area contributed by atoms with Crippen LogP contribution in [-0.4, -0.2) is 31.5 Å². The number of amides is 1. The predicted octanol–water partition coefficient (Wildman–Crippen LogP) is 2.00. The molecule has 1 rings (SSSR count). The number of carbonyl (C=O) groups is 1. The highest BCUT2D eigenvalue weighted by atomic mass is 127. The van der Waals surface area contributed by atoms with Gasteiger partial charge in [-0.15, -0.1) is 24.0 Å². The monoisotopic (exact) mass is 410 g/mol. The van der Waals surface area contributed by atoms with Gasteiger partial charge in [0.1, 0.15) is 0 Å². The van der Waals surface area contributed by atoms with Gasteiger partial charge in [-0.3, -0.25) is 9.79 Å². The standard InChI is InChI=1S/C13H19ClN4O.HI/c1-2-7-17-13(15)18-9-8-16-12(19)10-3-5-11(14)6-4-10;/h3-6H,2,7-9H2,1H3,(H,16,19)(H3,15,17,18);1H. The van der Waals surface area contributed by atoms with E-state index in [1.54, 1.807) is 24.3 Å². The van der Waals surface area contributed by atoms with E-state index in [0.29, 0.717) is 36.2 Å². The van der Waals surface area contributed by atoms with Gasteiger partial charge in [0.15, 0.2) is 5.96 Å². The first-order valence-corrected chi connectivity index (χ1v) is 6.59. The van der Waals surface area contributed by atoms with Crippen LogP contribution < -0.4 is 16.4 Å². The Morgan fingerprint density at radius 1 is 1.25 bits per heavy atom. The van der Waals surface area contributed by atoms with E-state index in [9.17, 15) is 4.79 Å². The van der Waals surface area contributed by atoms with Crippen LogP contribution in [0.2, 0.25) is 5.02 Å². The molecular weight excluding hydrogens is 391 g/mol. The first kappa shape index (κ1) is 19.0. The van der Waals surface area contributed by atoms with Crippen LogP contribution in [0.4, 0.5) is 0 Å². The lowest BCUT2D eigenvalue weighted by atomic mass is 10.2. The predicted molar refractivity (Wildman–Crippen MR) is 94.0 cm³/mol. The molecule has 1 aromatic carbocycles. The maximum absolute atomic E-state index is 11.7. The minimum Gasteiger partial charge on any atom is -0.370 e. The molecule has 0 aliphatic carbocycles. The van der Waals surface area contributed by atoms with Crippen LogP contribution >= 0.6 is 35.6 Å². The van der Waals surface area contributed by atoms with Crippen LogP contribution in [0, 0.1) is 0 Å². The summed E-state index contributed by atoms with van der Waals surface area (Å²) in [6.45, 7) is 3.75. The van der Waals surface area contributed by atoms with E-state index in [-0.39, 0.29) is 29.9 Å². The average molecular weight is 411 g/mol. The van der Waals surface area contributed by atoms with Crippen molar-refractivity contribution in [2.24, 2.45) is 10.7 Å². The number of hydrogen-bond acceptors (Lipinski definition) is 2. The van der Waals surface area contributed by atoms with Crippen molar-refractivity contribution < 1.29 is 4.79 Å².